The van der Waals surface area contributed by atoms with Crippen LogP contribution in [0, 0.1) is 6.92 Å². The van der Waals surface area contributed by atoms with Crippen molar-refractivity contribution in [3.05, 3.63) is 29.3 Å². The lowest BCUT2D eigenvalue weighted by Crippen LogP contribution is -2.05. The average Bonchev–Trinajstić information content (AvgIpc) is 2.60. The molecule has 4 nitrogen and oxygen atoms in total. The maximum Gasteiger partial charge on any atom is 0.241 e. The third-order valence-corrected chi connectivity index (χ3v) is 2.19. The second-order valence-corrected chi connectivity index (χ2v) is 3.30. The second-order valence-electron chi connectivity index (χ2n) is 3.30. The van der Waals surface area contributed by atoms with Gasteiger partial charge in [-0.15, -0.1) is 0 Å². The lowest BCUT2D eigenvalue weighted by molar-refractivity contribution is -0.113. The molecule has 1 aromatic carbocycles. The number of hydrogen-bond acceptors (Lipinski definition) is 3. The largest absolute Gasteiger partial charge is 0.454 e. The summed E-state index contributed by atoms with van der Waals surface area (Å²) in [5.41, 5.74) is 6.93. The molecular weight excluding hydrogens is 194 g/mol. The molecule has 0 bridgehead atoms. The molecule has 0 fully saturated rings. The van der Waals surface area contributed by atoms with E-state index in [1.54, 1.807) is 6.08 Å². The van der Waals surface area contributed by atoms with E-state index < -0.39 is 5.91 Å². The predicted octanol–water partition coefficient (Wildman–Crippen LogP) is 1.22. The summed E-state index contributed by atoms with van der Waals surface area (Å²) in [7, 11) is 0. The number of rotatable bonds is 2. The summed E-state index contributed by atoms with van der Waals surface area (Å²) in [5, 5.41) is 0. The van der Waals surface area contributed by atoms with Crippen LogP contribution < -0.4 is 15.2 Å². The lowest BCUT2D eigenvalue weighted by atomic mass is 10.1. The van der Waals surface area contributed by atoms with E-state index in [4.69, 9.17) is 15.2 Å². The molecule has 1 amide bonds. The Labute approximate surface area is 87.3 Å². The van der Waals surface area contributed by atoms with Crippen LogP contribution in [0.4, 0.5) is 0 Å². The molecule has 1 aromatic rings. The minimum atomic E-state index is -0.466. The molecule has 1 aliphatic heterocycles. The van der Waals surface area contributed by atoms with Gasteiger partial charge in [-0.1, -0.05) is 0 Å². The van der Waals surface area contributed by atoms with E-state index in [9.17, 15) is 4.79 Å². The zero-order valence-electron chi connectivity index (χ0n) is 8.32. The van der Waals surface area contributed by atoms with Crippen LogP contribution in [0.1, 0.15) is 11.1 Å². The summed E-state index contributed by atoms with van der Waals surface area (Å²) >= 11 is 0. The van der Waals surface area contributed by atoms with E-state index in [0.29, 0.717) is 5.75 Å². The Morgan fingerprint density at radius 3 is 2.73 bits per heavy atom. The quantitative estimate of drug-likeness (QED) is 0.738. The van der Waals surface area contributed by atoms with E-state index >= 15 is 0 Å². The Kier molecular flexibility index (Phi) is 2.33. The fraction of sp³-hybridized carbons (Fsp3) is 0.182. The first-order chi connectivity index (χ1) is 7.16. The monoisotopic (exact) mass is 205 g/mol. The van der Waals surface area contributed by atoms with Crippen molar-refractivity contribution >= 4 is 12.0 Å². The molecule has 1 aliphatic rings. The van der Waals surface area contributed by atoms with Crippen LogP contribution in [-0.2, 0) is 4.79 Å². The van der Waals surface area contributed by atoms with Gasteiger partial charge >= 0.3 is 0 Å². The first kappa shape index (κ1) is 9.58. The molecule has 0 aliphatic carbocycles. The number of amides is 1. The van der Waals surface area contributed by atoms with Crippen LogP contribution in [0.25, 0.3) is 6.08 Å². The molecule has 0 radical (unpaired) electrons. The number of hydrogen-bond donors (Lipinski definition) is 1. The van der Waals surface area contributed by atoms with Crippen LogP contribution in [0.2, 0.25) is 0 Å². The first-order valence-electron chi connectivity index (χ1n) is 4.54. The van der Waals surface area contributed by atoms with E-state index in [2.05, 4.69) is 0 Å². The summed E-state index contributed by atoms with van der Waals surface area (Å²) in [6, 6.07) is 3.71. The smallest absolute Gasteiger partial charge is 0.241 e. The zero-order valence-corrected chi connectivity index (χ0v) is 8.32. The summed E-state index contributed by atoms with van der Waals surface area (Å²) in [6.07, 6.45) is 2.99. The highest BCUT2D eigenvalue weighted by Crippen LogP contribution is 2.34. The van der Waals surface area contributed by atoms with Crippen LogP contribution in [0.5, 0.6) is 11.5 Å². The van der Waals surface area contributed by atoms with E-state index in [0.717, 1.165) is 16.9 Å². The van der Waals surface area contributed by atoms with Crippen molar-refractivity contribution in [1.82, 2.24) is 0 Å². The summed E-state index contributed by atoms with van der Waals surface area (Å²) in [5.74, 6) is 0.973. The molecule has 4 heteroatoms. The Balaban J connectivity index is 2.36. The zero-order chi connectivity index (χ0) is 10.8. The van der Waals surface area contributed by atoms with Crippen LogP contribution >= 0.6 is 0 Å². The van der Waals surface area contributed by atoms with E-state index in [1.807, 2.05) is 19.1 Å². The van der Waals surface area contributed by atoms with Gasteiger partial charge in [0.25, 0.3) is 0 Å². The molecule has 15 heavy (non-hydrogen) atoms. The number of carbonyl (C=O) groups is 1. The standard InChI is InChI=1S/C11H11NO3/c1-7-4-9-10(15-6-14-9)5-8(7)2-3-11(12)13/h2-5H,6H2,1H3,(H2,12,13)/b3-2+. The van der Waals surface area contributed by atoms with E-state index in [1.165, 1.54) is 6.08 Å². The highest BCUT2D eigenvalue weighted by Gasteiger charge is 2.14. The Morgan fingerprint density at radius 1 is 1.40 bits per heavy atom. The number of benzene rings is 1. The fourth-order valence-electron chi connectivity index (χ4n) is 1.41. The number of carbonyl (C=O) groups excluding carboxylic acids is 1. The van der Waals surface area contributed by atoms with Crippen molar-refractivity contribution in [3.8, 4) is 11.5 Å². The highest BCUT2D eigenvalue weighted by molar-refractivity contribution is 5.90. The molecule has 0 aromatic heterocycles. The van der Waals surface area contributed by atoms with Crippen LogP contribution in [0.15, 0.2) is 18.2 Å². The van der Waals surface area contributed by atoms with Crippen molar-refractivity contribution in [2.24, 2.45) is 5.73 Å². The van der Waals surface area contributed by atoms with Gasteiger partial charge < -0.3 is 15.2 Å². The molecule has 2 N–H and O–H groups in total. The van der Waals surface area contributed by atoms with Crippen molar-refractivity contribution in [1.29, 1.82) is 0 Å². The summed E-state index contributed by atoms with van der Waals surface area (Å²) in [4.78, 5) is 10.6. The minimum absolute atomic E-state index is 0.248. The van der Waals surface area contributed by atoms with Gasteiger partial charge in [-0.05, 0) is 36.3 Å². The molecule has 78 valence electrons. The van der Waals surface area contributed by atoms with Gasteiger partial charge in [0.05, 0.1) is 0 Å². The van der Waals surface area contributed by atoms with Gasteiger partial charge in [0.1, 0.15) is 0 Å². The van der Waals surface area contributed by atoms with Crippen LogP contribution in [-0.4, -0.2) is 12.7 Å². The third kappa shape index (κ3) is 1.93. The van der Waals surface area contributed by atoms with Crippen molar-refractivity contribution in [3.63, 3.8) is 0 Å². The average molecular weight is 205 g/mol. The number of nitrogens with two attached hydrogens (primary N) is 1. The van der Waals surface area contributed by atoms with Gasteiger partial charge in [0, 0.05) is 6.08 Å². The second kappa shape index (κ2) is 3.65. The molecule has 0 spiro atoms. The van der Waals surface area contributed by atoms with Gasteiger partial charge in [0.15, 0.2) is 11.5 Å². The summed E-state index contributed by atoms with van der Waals surface area (Å²) < 4.78 is 10.5. The maximum atomic E-state index is 10.6. The van der Waals surface area contributed by atoms with Crippen molar-refractivity contribution in [2.45, 2.75) is 6.92 Å². The molecule has 0 atom stereocenters. The molecule has 0 unspecified atom stereocenters. The molecular formula is C11H11NO3. The molecule has 0 saturated heterocycles. The number of aryl methyl sites for hydroxylation is 1. The molecule has 2 rings (SSSR count). The Morgan fingerprint density at radius 2 is 2.07 bits per heavy atom. The van der Waals surface area contributed by atoms with Crippen molar-refractivity contribution in [2.75, 3.05) is 6.79 Å². The highest BCUT2D eigenvalue weighted by atomic mass is 16.7. The Bertz CT molecular complexity index is 438. The van der Waals surface area contributed by atoms with E-state index in [-0.39, 0.29) is 6.79 Å². The number of fused-ring (bicyclic) bond motifs is 1. The number of primary amides is 1. The Hall–Kier alpha value is -1.97. The lowest BCUT2D eigenvalue weighted by Gasteiger charge is -2.02. The van der Waals surface area contributed by atoms with Gasteiger partial charge in [-0.2, -0.15) is 0 Å². The predicted molar refractivity (Wildman–Crippen MR) is 55.5 cm³/mol. The fourth-order valence-corrected chi connectivity index (χ4v) is 1.41. The minimum Gasteiger partial charge on any atom is -0.454 e. The van der Waals surface area contributed by atoms with Crippen LogP contribution in [0.3, 0.4) is 0 Å². The molecule has 0 saturated carbocycles. The first-order valence-corrected chi connectivity index (χ1v) is 4.54. The van der Waals surface area contributed by atoms with Crippen molar-refractivity contribution < 1.29 is 14.3 Å². The van der Waals surface area contributed by atoms with Gasteiger partial charge in [-0.25, -0.2) is 0 Å². The van der Waals surface area contributed by atoms with Gasteiger partial charge in [0.2, 0.25) is 12.7 Å². The topological polar surface area (TPSA) is 61.6 Å². The summed E-state index contributed by atoms with van der Waals surface area (Å²) in [6.45, 7) is 2.18. The SMILES string of the molecule is Cc1cc2c(cc1/C=C/C(N)=O)OCO2. The third-order valence-electron chi connectivity index (χ3n) is 2.19. The van der Waals surface area contributed by atoms with Gasteiger partial charge in [-0.3, -0.25) is 4.79 Å². The maximum absolute atomic E-state index is 10.6. The molecule has 1 heterocycles. The number of ether oxygens (including phenoxy) is 2. The normalized spacial score (nSPS) is 13.4.